The number of aryl methyl sites for hydroxylation is 2. The SMILES string of the molecule is Cc1noc(C)c1CC(=O)NCCNC(=O)c1ccccc1. The van der Waals surface area contributed by atoms with Gasteiger partial charge in [-0.15, -0.1) is 0 Å². The van der Waals surface area contributed by atoms with Crippen LogP contribution in [-0.2, 0) is 11.2 Å². The fourth-order valence-electron chi connectivity index (χ4n) is 2.05. The zero-order valence-electron chi connectivity index (χ0n) is 12.7. The third-order valence-corrected chi connectivity index (χ3v) is 3.29. The van der Waals surface area contributed by atoms with Crippen molar-refractivity contribution >= 4 is 11.8 Å². The molecule has 0 saturated heterocycles. The van der Waals surface area contributed by atoms with Crippen LogP contribution in [0.3, 0.4) is 0 Å². The number of amides is 2. The normalized spacial score (nSPS) is 10.3. The van der Waals surface area contributed by atoms with Gasteiger partial charge in [-0.05, 0) is 26.0 Å². The van der Waals surface area contributed by atoms with E-state index in [1.54, 1.807) is 38.1 Å². The highest BCUT2D eigenvalue weighted by molar-refractivity contribution is 5.94. The van der Waals surface area contributed by atoms with Crippen molar-refractivity contribution in [1.82, 2.24) is 15.8 Å². The van der Waals surface area contributed by atoms with Crippen molar-refractivity contribution < 1.29 is 14.1 Å². The second kappa shape index (κ2) is 7.40. The van der Waals surface area contributed by atoms with E-state index in [-0.39, 0.29) is 18.2 Å². The van der Waals surface area contributed by atoms with Crippen LogP contribution in [0.1, 0.15) is 27.4 Å². The van der Waals surface area contributed by atoms with Gasteiger partial charge in [0.05, 0.1) is 12.1 Å². The zero-order valence-corrected chi connectivity index (χ0v) is 12.7. The number of aromatic nitrogens is 1. The molecule has 0 aliphatic rings. The fourth-order valence-corrected chi connectivity index (χ4v) is 2.05. The number of nitrogens with one attached hydrogen (secondary N) is 2. The molecule has 1 aromatic heterocycles. The molecule has 0 spiro atoms. The first-order valence-corrected chi connectivity index (χ1v) is 7.09. The molecule has 0 atom stereocenters. The van der Waals surface area contributed by atoms with Crippen LogP contribution < -0.4 is 10.6 Å². The molecule has 0 radical (unpaired) electrons. The third-order valence-electron chi connectivity index (χ3n) is 3.29. The number of rotatable bonds is 6. The number of hydrogen-bond donors (Lipinski definition) is 2. The minimum absolute atomic E-state index is 0.122. The fraction of sp³-hybridized carbons (Fsp3) is 0.312. The highest BCUT2D eigenvalue weighted by atomic mass is 16.5. The van der Waals surface area contributed by atoms with Crippen LogP contribution in [0.15, 0.2) is 34.9 Å². The van der Waals surface area contributed by atoms with Crippen molar-refractivity contribution in [1.29, 1.82) is 0 Å². The van der Waals surface area contributed by atoms with E-state index in [1.807, 2.05) is 6.07 Å². The van der Waals surface area contributed by atoms with E-state index in [4.69, 9.17) is 4.52 Å². The highest BCUT2D eigenvalue weighted by Crippen LogP contribution is 2.12. The summed E-state index contributed by atoms with van der Waals surface area (Å²) in [5.74, 6) is 0.383. The molecule has 2 N–H and O–H groups in total. The lowest BCUT2D eigenvalue weighted by Gasteiger charge is -2.07. The summed E-state index contributed by atoms with van der Waals surface area (Å²) in [4.78, 5) is 23.6. The zero-order chi connectivity index (χ0) is 15.9. The molecule has 2 aromatic rings. The molecule has 0 saturated carbocycles. The van der Waals surface area contributed by atoms with Crippen LogP contribution in [0.2, 0.25) is 0 Å². The summed E-state index contributed by atoms with van der Waals surface area (Å²) in [6, 6.07) is 8.95. The van der Waals surface area contributed by atoms with Crippen molar-refractivity contribution in [3.05, 3.63) is 52.9 Å². The maximum atomic E-state index is 11.8. The van der Waals surface area contributed by atoms with Crippen LogP contribution in [0.5, 0.6) is 0 Å². The first-order chi connectivity index (χ1) is 10.6. The van der Waals surface area contributed by atoms with Crippen LogP contribution >= 0.6 is 0 Å². The van der Waals surface area contributed by atoms with Gasteiger partial charge in [0, 0.05) is 24.2 Å². The summed E-state index contributed by atoms with van der Waals surface area (Å²) < 4.78 is 5.02. The van der Waals surface area contributed by atoms with Gasteiger partial charge in [0.1, 0.15) is 5.76 Å². The molecule has 0 fully saturated rings. The quantitative estimate of drug-likeness (QED) is 0.790. The van der Waals surface area contributed by atoms with E-state index in [2.05, 4.69) is 15.8 Å². The second-order valence-electron chi connectivity index (χ2n) is 4.95. The van der Waals surface area contributed by atoms with Gasteiger partial charge in [0.25, 0.3) is 5.91 Å². The van der Waals surface area contributed by atoms with E-state index in [0.29, 0.717) is 24.4 Å². The molecular weight excluding hydrogens is 282 g/mol. The Kier molecular flexibility index (Phi) is 5.30. The number of nitrogens with zero attached hydrogens (tertiary/aromatic N) is 1. The Morgan fingerprint density at radius 3 is 2.41 bits per heavy atom. The summed E-state index contributed by atoms with van der Waals surface area (Å²) in [6.45, 7) is 4.34. The van der Waals surface area contributed by atoms with Gasteiger partial charge in [0.2, 0.25) is 5.91 Å². The van der Waals surface area contributed by atoms with E-state index in [0.717, 1.165) is 11.3 Å². The Balaban J connectivity index is 1.71. The average Bonchev–Trinajstić information content (AvgIpc) is 2.84. The molecule has 1 heterocycles. The molecule has 22 heavy (non-hydrogen) atoms. The first kappa shape index (κ1) is 15.8. The van der Waals surface area contributed by atoms with Gasteiger partial charge in [-0.2, -0.15) is 0 Å². The van der Waals surface area contributed by atoms with Gasteiger partial charge in [0.15, 0.2) is 0 Å². The minimum Gasteiger partial charge on any atom is -0.361 e. The molecule has 2 rings (SSSR count). The van der Waals surface area contributed by atoms with E-state index in [1.165, 1.54) is 0 Å². The maximum absolute atomic E-state index is 11.8. The summed E-state index contributed by atoms with van der Waals surface area (Å²) in [5.41, 5.74) is 2.14. The predicted octanol–water partition coefficient (Wildman–Crippen LogP) is 1.38. The summed E-state index contributed by atoms with van der Waals surface area (Å²) >= 11 is 0. The molecule has 6 heteroatoms. The van der Waals surface area contributed by atoms with Crippen LogP contribution in [0, 0.1) is 13.8 Å². The molecule has 0 unspecified atom stereocenters. The minimum atomic E-state index is -0.152. The van der Waals surface area contributed by atoms with E-state index >= 15 is 0 Å². The monoisotopic (exact) mass is 301 g/mol. The number of carbonyl (C=O) groups excluding carboxylic acids is 2. The smallest absolute Gasteiger partial charge is 0.251 e. The van der Waals surface area contributed by atoms with Gasteiger partial charge >= 0.3 is 0 Å². The molecule has 6 nitrogen and oxygen atoms in total. The topological polar surface area (TPSA) is 84.2 Å². The number of benzene rings is 1. The molecule has 0 aliphatic carbocycles. The molecule has 2 amide bonds. The lowest BCUT2D eigenvalue weighted by atomic mass is 10.1. The average molecular weight is 301 g/mol. The lowest BCUT2D eigenvalue weighted by molar-refractivity contribution is -0.120. The Labute approximate surface area is 128 Å². The Hall–Kier alpha value is -2.63. The van der Waals surface area contributed by atoms with Crippen molar-refractivity contribution in [3.8, 4) is 0 Å². The van der Waals surface area contributed by atoms with Crippen molar-refractivity contribution in [3.63, 3.8) is 0 Å². The molecule has 0 bridgehead atoms. The van der Waals surface area contributed by atoms with Gasteiger partial charge in [-0.3, -0.25) is 9.59 Å². The molecule has 116 valence electrons. The third kappa shape index (κ3) is 4.18. The largest absolute Gasteiger partial charge is 0.361 e. The van der Waals surface area contributed by atoms with Gasteiger partial charge < -0.3 is 15.2 Å². The predicted molar refractivity (Wildman–Crippen MR) is 81.5 cm³/mol. The maximum Gasteiger partial charge on any atom is 0.251 e. The van der Waals surface area contributed by atoms with Crippen molar-refractivity contribution in [2.45, 2.75) is 20.3 Å². The van der Waals surface area contributed by atoms with Crippen LogP contribution in [0.25, 0.3) is 0 Å². The molecule has 0 aliphatic heterocycles. The molecular formula is C16H19N3O3. The Bertz CT molecular complexity index is 630. The molecule has 1 aromatic carbocycles. The highest BCUT2D eigenvalue weighted by Gasteiger charge is 2.13. The van der Waals surface area contributed by atoms with E-state index < -0.39 is 0 Å². The first-order valence-electron chi connectivity index (χ1n) is 7.09. The lowest BCUT2D eigenvalue weighted by Crippen LogP contribution is -2.35. The summed E-state index contributed by atoms with van der Waals surface area (Å²) in [6.07, 6.45) is 0.230. The van der Waals surface area contributed by atoms with Gasteiger partial charge in [-0.1, -0.05) is 23.4 Å². The van der Waals surface area contributed by atoms with E-state index in [9.17, 15) is 9.59 Å². The van der Waals surface area contributed by atoms with Crippen LogP contribution in [-0.4, -0.2) is 30.1 Å². The second-order valence-corrected chi connectivity index (χ2v) is 4.95. The number of carbonyl (C=O) groups is 2. The number of hydrogen-bond acceptors (Lipinski definition) is 4. The van der Waals surface area contributed by atoms with Crippen LogP contribution in [0.4, 0.5) is 0 Å². The summed E-state index contributed by atoms with van der Waals surface area (Å²) in [7, 11) is 0. The Morgan fingerprint density at radius 1 is 1.09 bits per heavy atom. The van der Waals surface area contributed by atoms with Crippen molar-refractivity contribution in [2.24, 2.45) is 0 Å². The Morgan fingerprint density at radius 2 is 1.77 bits per heavy atom. The van der Waals surface area contributed by atoms with Crippen molar-refractivity contribution in [2.75, 3.05) is 13.1 Å². The standard InChI is InChI=1S/C16H19N3O3/c1-11-14(12(2)22-19-11)10-15(20)17-8-9-18-16(21)13-6-4-3-5-7-13/h3-7H,8-10H2,1-2H3,(H,17,20)(H,18,21). The van der Waals surface area contributed by atoms with Gasteiger partial charge in [-0.25, -0.2) is 0 Å². The summed E-state index contributed by atoms with van der Waals surface area (Å²) in [5, 5.41) is 9.32.